The minimum Gasteiger partial charge on any atom is -0.466 e. The number of aromatic nitrogens is 1. The second-order valence-corrected chi connectivity index (χ2v) is 6.68. The van der Waals surface area contributed by atoms with E-state index in [1.165, 1.54) is 4.90 Å². The Labute approximate surface area is 157 Å². The predicted molar refractivity (Wildman–Crippen MR) is 98.4 cm³/mol. The van der Waals surface area contributed by atoms with Gasteiger partial charge in [-0.05, 0) is 45.4 Å². The van der Waals surface area contributed by atoms with Gasteiger partial charge in [0, 0.05) is 25.3 Å². The molecule has 1 aliphatic heterocycles. The van der Waals surface area contributed by atoms with Crippen molar-refractivity contribution in [1.29, 1.82) is 0 Å². The molecule has 1 saturated heterocycles. The number of rotatable bonds is 5. The summed E-state index contributed by atoms with van der Waals surface area (Å²) in [5.74, 6) is 0.411. The van der Waals surface area contributed by atoms with Gasteiger partial charge in [0.25, 0.3) is 11.8 Å². The quantitative estimate of drug-likeness (QED) is 0.737. The molecule has 144 valence electrons. The summed E-state index contributed by atoms with van der Waals surface area (Å²) < 4.78 is 5.46. The number of likely N-dealkylation sites (tertiary alicyclic amines) is 1. The van der Waals surface area contributed by atoms with E-state index in [0.717, 1.165) is 0 Å². The molecular weight excluding hydrogens is 348 g/mol. The summed E-state index contributed by atoms with van der Waals surface area (Å²) >= 11 is 0. The SMILES string of the molecule is CCNC(=O)[C@@H]1C[C@H](NC(=O)c2ccc[nH]2)CN1C(=O)c1cc(C)oc1C. The molecule has 2 atom stereocenters. The molecule has 0 bridgehead atoms. The first-order chi connectivity index (χ1) is 12.9. The first kappa shape index (κ1) is 18.8. The number of amides is 3. The molecule has 0 unspecified atom stereocenters. The van der Waals surface area contributed by atoms with Crippen molar-refractivity contribution in [3.8, 4) is 0 Å². The molecule has 0 aliphatic carbocycles. The van der Waals surface area contributed by atoms with Crippen molar-refractivity contribution in [2.45, 2.75) is 39.3 Å². The number of carbonyl (C=O) groups is 3. The Morgan fingerprint density at radius 2 is 2.11 bits per heavy atom. The topological polar surface area (TPSA) is 107 Å². The highest BCUT2D eigenvalue weighted by Crippen LogP contribution is 2.24. The van der Waals surface area contributed by atoms with Crippen LogP contribution in [0.1, 0.15) is 45.7 Å². The lowest BCUT2D eigenvalue weighted by Gasteiger charge is -2.23. The van der Waals surface area contributed by atoms with Gasteiger partial charge in [-0.1, -0.05) is 0 Å². The van der Waals surface area contributed by atoms with Gasteiger partial charge in [-0.25, -0.2) is 0 Å². The Kier molecular flexibility index (Phi) is 5.34. The van der Waals surface area contributed by atoms with E-state index >= 15 is 0 Å². The predicted octanol–water partition coefficient (Wildman–Crippen LogP) is 1.37. The summed E-state index contributed by atoms with van der Waals surface area (Å²) in [7, 11) is 0. The lowest BCUT2D eigenvalue weighted by atomic mass is 10.1. The second kappa shape index (κ2) is 7.69. The van der Waals surface area contributed by atoms with Gasteiger partial charge in [0.2, 0.25) is 5.91 Å². The highest BCUT2D eigenvalue weighted by Gasteiger charge is 2.41. The highest BCUT2D eigenvalue weighted by molar-refractivity contribution is 5.99. The number of nitrogens with one attached hydrogen (secondary N) is 3. The fourth-order valence-corrected chi connectivity index (χ4v) is 3.44. The molecule has 0 saturated carbocycles. The van der Waals surface area contributed by atoms with Crippen molar-refractivity contribution in [2.75, 3.05) is 13.1 Å². The van der Waals surface area contributed by atoms with Crippen LogP contribution in [0.2, 0.25) is 0 Å². The molecule has 3 N–H and O–H groups in total. The monoisotopic (exact) mass is 372 g/mol. The molecule has 1 aliphatic rings. The highest BCUT2D eigenvalue weighted by atomic mass is 16.3. The molecule has 3 rings (SSSR count). The van der Waals surface area contributed by atoms with Crippen LogP contribution in [0.25, 0.3) is 0 Å². The molecule has 2 aromatic heterocycles. The van der Waals surface area contributed by atoms with Gasteiger partial charge >= 0.3 is 0 Å². The lowest BCUT2D eigenvalue weighted by molar-refractivity contribution is -0.124. The van der Waals surface area contributed by atoms with E-state index in [1.807, 2.05) is 6.92 Å². The zero-order chi connectivity index (χ0) is 19.6. The normalized spacial score (nSPS) is 19.1. The average Bonchev–Trinajstić information content (AvgIpc) is 3.34. The number of H-pyrrole nitrogens is 1. The zero-order valence-electron chi connectivity index (χ0n) is 15.7. The molecule has 2 aromatic rings. The summed E-state index contributed by atoms with van der Waals surface area (Å²) in [6.07, 6.45) is 2.03. The van der Waals surface area contributed by atoms with Crippen molar-refractivity contribution in [1.82, 2.24) is 20.5 Å². The molecule has 27 heavy (non-hydrogen) atoms. The number of aromatic amines is 1. The van der Waals surface area contributed by atoms with E-state index in [0.29, 0.717) is 35.7 Å². The number of aryl methyl sites for hydroxylation is 2. The van der Waals surface area contributed by atoms with Crippen molar-refractivity contribution in [2.24, 2.45) is 0 Å². The third-order valence-corrected chi connectivity index (χ3v) is 4.66. The zero-order valence-corrected chi connectivity index (χ0v) is 15.7. The van der Waals surface area contributed by atoms with Crippen molar-refractivity contribution in [3.05, 3.63) is 47.2 Å². The summed E-state index contributed by atoms with van der Waals surface area (Å²) in [6.45, 7) is 6.06. The third kappa shape index (κ3) is 3.89. The fourth-order valence-electron chi connectivity index (χ4n) is 3.44. The summed E-state index contributed by atoms with van der Waals surface area (Å²) in [5.41, 5.74) is 0.883. The molecule has 3 heterocycles. The van der Waals surface area contributed by atoms with Crippen LogP contribution in [0.15, 0.2) is 28.8 Å². The molecule has 0 spiro atoms. The van der Waals surface area contributed by atoms with E-state index in [2.05, 4.69) is 15.6 Å². The van der Waals surface area contributed by atoms with E-state index in [1.54, 1.807) is 38.2 Å². The first-order valence-corrected chi connectivity index (χ1v) is 9.00. The lowest BCUT2D eigenvalue weighted by Crippen LogP contribution is -2.46. The number of nitrogens with zero attached hydrogens (tertiary/aromatic N) is 1. The third-order valence-electron chi connectivity index (χ3n) is 4.66. The van der Waals surface area contributed by atoms with Crippen LogP contribution < -0.4 is 10.6 Å². The van der Waals surface area contributed by atoms with Crippen LogP contribution in [0.5, 0.6) is 0 Å². The van der Waals surface area contributed by atoms with Gasteiger partial charge < -0.3 is 24.9 Å². The summed E-state index contributed by atoms with van der Waals surface area (Å²) in [4.78, 5) is 42.2. The number of likely N-dealkylation sites (N-methyl/N-ethyl adjacent to an activating group) is 1. The van der Waals surface area contributed by atoms with Crippen molar-refractivity contribution >= 4 is 17.7 Å². The van der Waals surface area contributed by atoms with E-state index in [4.69, 9.17) is 4.42 Å². The second-order valence-electron chi connectivity index (χ2n) is 6.68. The van der Waals surface area contributed by atoms with Crippen LogP contribution in [-0.4, -0.2) is 52.8 Å². The number of hydrogen-bond acceptors (Lipinski definition) is 4. The number of hydrogen-bond donors (Lipinski definition) is 3. The molecular formula is C19H24N4O4. The molecule has 0 aromatic carbocycles. The molecule has 0 radical (unpaired) electrons. The van der Waals surface area contributed by atoms with Gasteiger partial charge in [-0.2, -0.15) is 0 Å². The number of furan rings is 1. The maximum Gasteiger partial charge on any atom is 0.267 e. The Hall–Kier alpha value is -3.03. The van der Waals surface area contributed by atoms with Gasteiger partial charge in [0.15, 0.2) is 0 Å². The van der Waals surface area contributed by atoms with E-state index < -0.39 is 6.04 Å². The van der Waals surface area contributed by atoms with Crippen LogP contribution in [0, 0.1) is 13.8 Å². The summed E-state index contributed by atoms with van der Waals surface area (Å²) in [5, 5.41) is 5.67. The maximum atomic E-state index is 13.0. The number of carbonyl (C=O) groups excluding carboxylic acids is 3. The Morgan fingerprint density at radius 1 is 1.33 bits per heavy atom. The van der Waals surface area contributed by atoms with Gasteiger partial charge in [0.05, 0.1) is 5.56 Å². The Bertz CT molecular complexity index is 840. The fraction of sp³-hybridized carbons (Fsp3) is 0.421. The molecule has 8 heteroatoms. The maximum absolute atomic E-state index is 13.0. The summed E-state index contributed by atoms with van der Waals surface area (Å²) in [6, 6.07) is 4.14. The molecule has 8 nitrogen and oxygen atoms in total. The van der Waals surface area contributed by atoms with Crippen molar-refractivity contribution < 1.29 is 18.8 Å². The van der Waals surface area contributed by atoms with Crippen LogP contribution >= 0.6 is 0 Å². The van der Waals surface area contributed by atoms with Crippen molar-refractivity contribution in [3.63, 3.8) is 0 Å². The molecule has 1 fully saturated rings. The van der Waals surface area contributed by atoms with Gasteiger partial charge in [-0.3, -0.25) is 14.4 Å². The Morgan fingerprint density at radius 3 is 2.70 bits per heavy atom. The van der Waals surface area contributed by atoms with Crippen LogP contribution in [-0.2, 0) is 4.79 Å². The largest absolute Gasteiger partial charge is 0.466 e. The van der Waals surface area contributed by atoms with Gasteiger partial charge in [-0.15, -0.1) is 0 Å². The Balaban J connectivity index is 1.79. The minimum absolute atomic E-state index is 0.222. The first-order valence-electron chi connectivity index (χ1n) is 9.00. The average molecular weight is 372 g/mol. The van der Waals surface area contributed by atoms with Crippen LogP contribution in [0.3, 0.4) is 0 Å². The van der Waals surface area contributed by atoms with Gasteiger partial charge in [0.1, 0.15) is 23.3 Å². The minimum atomic E-state index is -0.638. The van der Waals surface area contributed by atoms with E-state index in [9.17, 15) is 14.4 Å². The van der Waals surface area contributed by atoms with E-state index in [-0.39, 0.29) is 30.3 Å². The van der Waals surface area contributed by atoms with Crippen LogP contribution in [0.4, 0.5) is 0 Å². The standard InChI is InChI=1S/C19H24N4O4/c1-4-20-18(25)16-9-13(22-17(24)15-6-5-7-21-15)10-23(16)19(26)14-8-11(2)27-12(14)3/h5-8,13,16,21H,4,9-10H2,1-3H3,(H,20,25)(H,22,24)/t13-,16-/m0/s1. The molecule has 3 amide bonds. The smallest absolute Gasteiger partial charge is 0.267 e.